The lowest BCUT2D eigenvalue weighted by molar-refractivity contribution is -0.142. The van der Waals surface area contributed by atoms with Crippen LogP contribution in [0.25, 0.3) is 0 Å². The van der Waals surface area contributed by atoms with Gasteiger partial charge in [0.2, 0.25) is 18.6 Å². The maximum atomic E-state index is 13.3. The van der Waals surface area contributed by atoms with Crippen LogP contribution in [0.3, 0.4) is 0 Å². The van der Waals surface area contributed by atoms with Crippen molar-refractivity contribution in [2.45, 2.75) is 59.2 Å². The van der Waals surface area contributed by atoms with Crippen LogP contribution < -0.4 is 9.47 Å². The molecule has 0 N–H and O–H groups in total. The van der Waals surface area contributed by atoms with Gasteiger partial charge in [-0.1, -0.05) is 25.5 Å². The first-order valence-electron chi connectivity index (χ1n) is 10.5. The lowest BCUT2D eigenvalue weighted by atomic mass is 10.1. The fraction of sp³-hybridized carbons (Fsp3) is 0.478. The minimum absolute atomic E-state index is 0.0209. The number of rotatable bonds is 10. The Labute approximate surface area is 182 Å². The van der Waals surface area contributed by atoms with Crippen LogP contribution in [-0.2, 0) is 22.7 Å². The van der Waals surface area contributed by atoms with Crippen LogP contribution in [0.4, 0.5) is 0 Å². The number of benzene rings is 1. The van der Waals surface area contributed by atoms with Gasteiger partial charge in [0.1, 0.15) is 0 Å². The van der Waals surface area contributed by atoms with Gasteiger partial charge in [-0.15, -0.1) is 11.3 Å². The topological polar surface area (TPSA) is 59.1 Å². The van der Waals surface area contributed by atoms with Crippen molar-refractivity contribution in [3.63, 3.8) is 0 Å². The van der Waals surface area contributed by atoms with Crippen LogP contribution in [0.15, 0.2) is 35.7 Å². The molecule has 162 valence electrons. The molecule has 3 rings (SSSR count). The molecule has 2 aromatic rings. The normalized spacial score (nSPS) is 12.3. The van der Waals surface area contributed by atoms with E-state index in [0.29, 0.717) is 25.3 Å². The second-order valence-corrected chi connectivity index (χ2v) is 8.77. The monoisotopic (exact) mass is 430 g/mol. The van der Waals surface area contributed by atoms with Gasteiger partial charge in [0.05, 0.1) is 13.1 Å². The lowest BCUT2D eigenvalue weighted by Crippen LogP contribution is -2.45. The predicted octanol–water partition coefficient (Wildman–Crippen LogP) is 4.43. The first kappa shape index (κ1) is 22.2. The molecule has 7 heteroatoms. The number of hydrogen-bond donors (Lipinski definition) is 0. The van der Waals surface area contributed by atoms with Crippen molar-refractivity contribution in [3.8, 4) is 11.5 Å². The Balaban J connectivity index is 1.75. The number of fused-ring (bicyclic) bond motifs is 1. The molecule has 0 saturated carbocycles. The van der Waals surface area contributed by atoms with Crippen LogP contribution in [0.2, 0.25) is 0 Å². The molecule has 0 aliphatic carbocycles. The Bertz CT molecular complexity index is 851. The van der Waals surface area contributed by atoms with E-state index in [9.17, 15) is 9.59 Å². The number of amides is 2. The van der Waals surface area contributed by atoms with Gasteiger partial charge in [0, 0.05) is 23.9 Å². The zero-order chi connectivity index (χ0) is 21.5. The van der Waals surface area contributed by atoms with Crippen LogP contribution in [0.5, 0.6) is 11.5 Å². The fourth-order valence-electron chi connectivity index (χ4n) is 3.36. The SMILES string of the molecule is CCCCC(=O)N(CC(=O)N(Cc1ccc2c(c1)OCO2)Cc1cccs1)C(C)C. The third-order valence-corrected chi connectivity index (χ3v) is 5.94. The number of carbonyl (C=O) groups excluding carboxylic acids is 2. The maximum Gasteiger partial charge on any atom is 0.242 e. The van der Waals surface area contributed by atoms with E-state index in [4.69, 9.17) is 9.47 Å². The summed E-state index contributed by atoms with van der Waals surface area (Å²) in [6.07, 6.45) is 2.28. The third kappa shape index (κ3) is 5.75. The Morgan fingerprint density at radius 2 is 1.90 bits per heavy atom. The van der Waals surface area contributed by atoms with Crippen LogP contribution in [-0.4, -0.2) is 41.0 Å². The largest absolute Gasteiger partial charge is 0.454 e. The molecular formula is C23H30N2O4S. The number of ether oxygens (including phenoxy) is 2. The third-order valence-electron chi connectivity index (χ3n) is 5.08. The molecular weight excluding hydrogens is 400 g/mol. The number of thiophene rings is 1. The summed E-state index contributed by atoms with van der Waals surface area (Å²) in [6.45, 7) is 7.25. The Kier molecular flexibility index (Phi) is 7.74. The summed E-state index contributed by atoms with van der Waals surface area (Å²) in [5, 5.41) is 2.01. The smallest absolute Gasteiger partial charge is 0.242 e. The van der Waals surface area contributed by atoms with Crippen molar-refractivity contribution >= 4 is 23.2 Å². The molecule has 0 spiro atoms. The molecule has 0 bridgehead atoms. The summed E-state index contributed by atoms with van der Waals surface area (Å²) in [5.74, 6) is 1.41. The maximum absolute atomic E-state index is 13.3. The minimum Gasteiger partial charge on any atom is -0.454 e. The highest BCUT2D eigenvalue weighted by molar-refractivity contribution is 7.09. The molecule has 0 fully saturated rings. The number of hydrogen-bond acceptors (Lipinski definition) is 5. The first-order chi connectivity index (χ1) is 14.5. The second-order valence-electron chi connectivity index (χ2n) is 7.74. The molecule has 6 nitrogen and oxygen atoms in total. The zero-order valence-electron chi connectivity index (χ0n) is 17.9. The summed E-state index contributed by atoms with van der Waals surface area (Å²) in [4.78, 5) is 30.5. The van der Waals surface area contributed by atoms with Crippen molar-refractivity contribution < 1.29 is 19.1 Å². The number of unbranched alkanes of at least 4 members (excludes halogenated alkanes) is 1. The summed E-state index contributed by atoms with van der Waals surface area (Å²) in [6, 6.07) is 9.74. The quantitative estimate of drug-likeness (QED) is 0.559. The molecule has 1 aromatic heterocycles. The minimum atomic E-state index is -0.0559. The zero-order valence-corrected chi connectivity index (χ0v) is 18.7. The van der Waals surface area contributed by atoms with Gasteiger partial charge < -0.3 is 19.3 Å². The molecule has 0 atom stereocenters. The van der Waals surface area contributed by atoms with Crippen LogP contribution in [0.1, 0.15) is 50.5 Å². The summed E-state index contributed by atoms with van der Waals surface area (Å²) in [7, 11) is 0. The van der Waals surface area contributed by atoms with Gasteiger partial charge in [-0.3, -0.25) is 9.59 Å². The van der Waals surface area contributed by atoms with E-state index < -0.39 is 0 Å². The van der Waals surface area contributed by atoms with Gasteiger partial charge in [0.15, 0.2) is 11.5 Å². The lowest BCUT2D eigenvalue weighted by Gasteiger charge is -2.30. The van der Waals surface area contributed by atoms with E-state index in [1.165, 1.54) is 0 Å². The summed E-state index contributed by atoms with van der Waals surface area (Å²) >= 11 is 1.62. The molecule has 0 unspecified atom stereocenters. The summed E-state index contributed by atoms with van der Waals surface area (Å²) in [5.41, 5.74) is 0.970. The van der Waals surface area contributed by atoms with E-state index in [0.717, 1.165) is 29.0 Å². The molecule has 0 saturated heterocycles. The second kappa shape index (κ2) is 10.5. The standard InChI is InChI=1S/C23H30N2O4S/c1-4-5-8-22(26)25(17(2)3)15-23(27)24(14-19-7-6-11-30-19)13-18-9-10-20-21(12-18)29-16-28-20/h6-7,9-12,17H,4-5,8,13-16H2,1-3H3. The number of carbonyl (C=O) groups is 2. The molecule has 30 heavy (non-hydrogen) atoms. The highest BCUT2D eigenvalue weighted by Gasteiger charge is 2.24. The van der Waals surface area contributed by atoms with Gasteiger partial charge >= 0.3 is 0 Å². The Morgan fingerprint density at radius 1 is 1.10 bits per heavy atom. The molecule has 1 aliphatic heterocycles. The molecule has 2 heterocycles. The van der Waals surface area contributed by atoms with E-state index in [-0.39, 0.29) is 31.2 Å². The van der Waals surface area contributed by atoms with Gasteiger partial charge in [0.25, 0.3) is 0 Å². The molecule has 0 radical (unpaired) electrons. The van der Waals surface area contributed by atoms with E-state index in [1.807, 2.05) is 54.5 Å². The van der Waals surface area contributed by atoms with Crippen molar-refractivity contribution in [1.29, 1.82) is 0 Å². The molecule has 2 amide bonds. The molecule has 1 aliphatic rings. The fourth-order valence-corrected chi connectivity index (χ4v) is 4.08. The van der Waals surface area contributed by atoms with Gasteiger partial charge in [-0.25, -0.2) is 0 Å². The van der Waals surface area contributed by atoms with Gasteiger partial charge in [-0.2, -0.15) is 0 Å². The van der Waals surface area contributed by atoms with E-state index >= 15 is 0 Å². The Morgan fingerprint density at radius 3 is 2.60 bits per heavy atom. The summed E-state index contributed by atoms with van der Waals surface area (Å²) < 4.78 is 10.9. The van der Waals surface area contributed by atoms with Crippen LogP contribution in [0, 0.1) is 0 Å². The average Bonchev–Trinajstić information content (AvgIpc) is 3.40. The predicted molar refractivity (Wildman–Crippen MR) is 118 cm³/mol. The highest BCUT2D eigenvalue weighted by atomic mass is 32.1. The average molecular weight is 431 g/mol. The van der Waals surface area contributed by atoms with Crippen molar-refractivity contribution in [2.75, 3.05) is 13.3 Å². The van der Waals surface area contributed by atoms with Crippen molar-refractivity contribution in [3.05, 3.63) is 46.2 Å². The Hall–Kier alpha value is -2.54. The van der Waals surface area contributed by atoms with Crippen molar-refractivity contribution in [1.82, 2.24) is 9.80 Å². The van der Waals surface area contributed by atoms with Crippen molar-refractivity contribution in [2.24, 2.45) is 0 Å². The first-order valence-corrected chi connectivity index (χ1v) is 11.3. The van der Waals surface area contributed by atoms with E-state index in [2.05, 4.69) is 6.92 Å². The van der Waals surface area contributed by atoms with Gasteiger partial charge in [-0.05, 0) is 49.4 Å². The number of nitrogens with zero attached hydrogens (tertiary/aromatic N) is 2. The molecule has 1 aromatic carbocycles. The van der Waals surface area contributed by atoms with E-state index in [1.54, 1.807) is 16.2 Å². The van der Waals surface area contributed by atoms with Crippen LogP contribution >= 0.6 is 11.3 Å². The highest BCUT2D eigenvalue weighted by Crippen LogP contribution is 2.33.